The van der Waals surface area contributed by atoms with Gasteiger partial charge in [-0.05, 0) is 49.1 Å². The van der Waals surface area contributed by atoms with Gasteiger partial charge in [-0.2, -0.15) is 5.10 Å². The SMILES string of the molecule is CC(C)CNC(=O)c1ccccc1NC(=O)COC(=O)c1cc(C2CC2)nn1-c1ccccc1. The number of amides is 2. The summed E-state index contributed by atoms with van der Waals surface area (Å²) in [6.45, 7) is 4.04. The summed E-state index contributed by atoms with van der Waals surface area (Å²) in [6.07, 6.45) is 2.10. The van der Waals surface area contributed by atoms with Crippen molar-refractivity contribution < 1.29 is 19.1 Å². The van der Waals surface area contributed by atoms with Gasteiger partial charge in [-0.25, -0.2) is 9.48 Å². The van der Waals surface area contributed by atoms with Crippen LogP contribution in [0.3, 0.4) is 0 Å². The summed E-state index contributed by atoms with van der Waals surface area (Å²) in [6, 6.07) is 17.8. The number of rotatable bonds is 9. The zero-order chi connectivity index (χ0) is 24.1. The number of nitrogens with one attached hydrogen (secondary N) is 2. The van der Waals surface area contributed by atoms with Crippen LogP contribution in [0.2, 0.25) is 0 Å². The van der Waals surface area contributed by atoms with Crippen LogP contribution in [0.4, 0.5) is 5.69 Å². The fraction of sp³-hybridized carbons (Fsp3) is 0.308. The number of anilines is 1. The van der Waals surface area contributed by atoms with Crippen LogP contribution >= 0.6 is 0 Å². The van der Waals surface area contributed by atoms with E-state index in [1.807, 2.05) is 44.2 Å². The lowest BCUT2D eigenvalue weighted by molar-refractivity contribution is -0.119. The zero-order valence-corrected chi connectivity index (χ0v) is 19.3. The third-order valence-corrected chi connectivity index (χ3v) is 5.38. The molecule has 0 bridgehead atoms. The standard InChI is InChI=1S/C26H28N4O4/c1-17(2)15-27-25(32)20-10-6-7-11-21(20)28-24(31)16-34-26(33)23-14-22(18-12-13-18)29-30(23)19-8-4-3-5-9-19/h3-11,14,17-18H,12-13,15-16H2,1-2H3,(H,27,32)(H,28,31). The molecule has 1 aliphatic carbocycles. The van der Waals surface area contributed by atoms with Gasteiger partial charge in [0.2, 0.25) is 0 Å². The average Bonchev–Trinajstić information content (AvgIpc) is 3.60. The van der Waals surface area contributed by atoms with Crippen LogP contribution < -0.4 is 10.6 Å². The van der Waals surface area contributed by atoms with Gasteiger partial charge >= 0.3 is 5.97 Å². The summed E-state index contributed by atoms with van der Waals surface area (Å²) in [5.74, 6) is -0.791. The molecule has 2 N–H and O–H groups in total. The Bertz CT molecular complexity index is 1180. The van der Waals surface area contributed by atoms with E-state index < -0.39 is 18.5 Å². The van der Waals surface area contributed by atoms with Crippen molar-refractivity contribution in [3.8, 4) is 5.69 Å². The highest BCUT2D eigenvalue weighted by molar-refractivity contribution is 6.04. The Morgan fingerprint density at radius 2 is 1.76 bits per heavy atom. The first kappa shape index (κ1) is 23.2. The van der Waals surface area contributed by atoms with Crippen molar-refractivity contribution in [2.75, 3.05) is 18.5 Å². The fourth-order valence-corrected chi connectivity index (χ4v) is 3.46. The third-order valence-electron chi connectivity index (χ3n) is 5.38. The normalized spacial score (nSPS) is 12.9. The Morgan fingerprint density at radius 1 is 1.06 bits per heavy atom. The summed E-state index contributed by atoms with van der Waals surface area (Å²) in [7, 11) is 0. The maximum Gasteiger partial charge on any atom is 0.357 e. The van der Waals surface area contributed by atoms with Gasteiger partial charge in [-0.15, -0.1) is 0 Å². The number of hydrogen-bond donors (Lipinski definition) is 2. The number of aromatic nitrogens is 2. The minimum atomic E-state index is -0.638. The van der Waals surface area contributed by atoms with Crippen LogP contribution in [0.15, 0.2) is 60.7 Å². The Labute approximate surface area is 198 Å². The molecule has 0 atom stereocenters. The first-order chi connectivity index (χ1) is 16.4. The molecular weight excluding hydrogens is 432 g/mol. The van der Waals surface area contributed by atoms with E-state index in [1.54, 1.807) is 35.0 Å². The van der Waals surface area contributed by atoms with Gasteiger partial charge in [0.05, 0.1) is 22.6 Å². The van der Waals surface area contributed by atoms with Crippen molar-refractivity contribution in [1.82, 2.24) is 15.1 Å². The molecule has 0 radical (unpaired) electrons. The molecule has 3 aromatic rings. The highest BCUT2D eigenvalue weighted by atomic mass is 16.5. The van der Waals surface area contributed by atoms with Crippen molar-refractivity contribution >= 4 is 23.5 Å². The van der Waals surface area contributed by atoms with Gasteiger partial charge in [0, 0.05) is 12.5 Å². The molecule has 0 aliphatic heterocycles. The minimum absolute atomic E-state index is 0.273. The zero-order valence-electron chi connectivity index (χ0n) is 19.3. The Kier molecular flexibility index (Phi) is 7.06. The molecule has 34 heavy (non-hydrogen) atoms. The van der Waals surface area contributed by atoms with Gasteiger partial charge in [0.1, 0.15) is 0 Å². The van der Waals surface area contributed by atoms with Crippen LogP contribution in [0.1, 0.15) is 59.1 Å². The van der Waals surface area contributed by atoms with Gasteiger partial charge < -0.3 is 15.4 Å². The predicted octanol–water partition coefficient (Wildman–Crippen LogP) is 3.93. The van der Waals surface area contributed by atoms with Gasteiger partial charge in [-0.1, -0.05) is 44.2 Å². The summed E-state index contributed by atoms with van der Waals surface area (Å²) in [5, 5.41) is 10.1. The number of hydrogen-bond acceptors (Lipinski definition) is 5. The molecule has 8 nitrogen and oxygen atoms in total. The van der Waals surface area contributed by atoms with E-state index in [4.69, 9.17) is 4.74 Å². The Balaban J connectivity index is 1.42. The highest BCUT2D eigenvalue weighted by Gasteiger charge is 2.29. The molecule has 1 aromatic heterocycles. The van der Waals surface area contributed by atoms with Crippen LogP contribution in [0.5, 0.6) is 0 Å². The van der Waals surface area contributed by atoms with Crippen molar-refractivity contribution in [2.45, 2.75) is 32.6 Å². The molecule has 8 heteroatoms. The lowest BCUT2D eigenvalue weighted by Gasteiger charge is -2.13. The Hall–Kier alpha value is -3.94. The monoisotopic (exact) mass is 460 g/mol. The summed E-state index contributed by atoms with van der Waals surface area (Å²) in [5.41, 5.74) is 2.57. The second-order valence-corrected chi connectivity index (χ2v) is 8.75. The molecule has 1 fully saturated rings. The van der Waals surface area contributed by atoms with E-state index in [-0.39, 0.29) is 11.6 Å². The van der Waals surface area contributed by atoms with E-state index in [9.17, 15) is 14.4 Å². The number of esters is 1. The van der Waals surface area contributed by atoms with Gasteiger partial charge in [0.15, 0.2) is 12.3 Å². The van der Waals surface area contributed by atoms with Crippen molar-refractivity contribution in [3.63, 3.8) is 0 Å². The second-order valence-electron chi connectivity index (χ2n) is 8.75. The number of carbonyl (C=O) groups excluding carboxylic acids is 3. The quantitative estimate of drug-likeness (QED) is 0.471. The number of benzene rings is 2. The lowest BCUT2D eigenvalue weighted by Crippen LogP contribution is -2.29. The first-order valence-corrected chi connectivity index (χ1v) is 11.4. The number of para-hydroxylation sites is 2. The van der Waals surface area contributed by atoms with E-state index >= 15 is 0 Å². The topological polar surface area (TPSA) is 102 Å². The molecule has 176 valence electrons. The molecule has 1 aliphatic rings. The smallest absolute Gasteiger partial charge is 0.357 e. The average molecular weight is 461 g/mol. The third kappa shape index (κ3) is 5.70. The summed E-state index contributed by atoms with van der Waals surface area (Å²) < 4.78 is 6.86. The van der Waals surface area contributed by atoms with Gasteiger partial charge in [0.25, 0.3) is 11.8 Å². The van der Waals surface area contributed by atoms with E-state index in [0.29, 0.717) is 29.6 Å². The molecule has 2 amide bonds. The lowest BCUT2D eigenvalue weighted by atomic mass is 10.1. The molecule has 2 aromatic carbocycles. The van der Waals surface area contributed by atoms with E-state index in [2.05, 4.69) is 15.7 Å². The highest BCUT2D eigenvalue weighted by Crippen LogP contribution is 2.39. The van der Waals surface area contributed by atoms with Crippen LogP contribution in [-0.4, -0.2) is 40.7 Å². The molecular formula is C26H28N4O4. The second kappa shape index (κ2) is 10.3. The number of nitrogens with zero attached hydrogens (tertiary/aromatic N) is 2. The van der Waals surface area contributed by atoms with Crippen molar-refractivity contribution in [3.05, 3.63) is 77.6 Å². The molecule has 0 unspecified atom stereocenters. The maximum absolute atomic E-state index is 12.8. The fourth-order valence-electron chi connectivity index (χ4n) is 3.46. The van der Waals surface area contributed by atoms with E-state index in [0.717, 1.165) is 24.2 Å². The summed E-state index contributed by atoms with van der Waals surface area (Å²) >= 11 is 0. The Morgan fingerprint density at radius 3 is 2.47 bits per heavy atom. The van der Waals surface area contributed by atoms with E-state index in [1.165, 1.54) is 0 Å². The molecule has 1 saturated carbocycles. The van der Waals surface area contributed by atoms with Crippen LogP contribution in [0.25, 0.3) is 5.69 Å². The molecule has 0 saturated heterocycles. The van der Waals surface area contributed by atoms with Crippen LogP contribution in [-0.2, 0) is 9.53 Å². The van der Waals surface area contributed by atoms with Gasteiger partial charge in [-0.3, -0.25) is 9.59 Å². The molecule has 1 heterocycles. The van der Waals surface area contributed by atoms with Crippen molar-refractivity contribution in [1.29, 1.82) is 0 Å². The summed E-state index contributed by atoms with van der Waals surface area (Å²) in [4.78, 5) is 37.9. The first-order valence-electron chi connectivity index (χ1n) is 11.4. The molecule has 0 spiro atoms. The number of ether oxygens (including phenoxy) is 1. The maximum atomic E-state index is 12.8. The minimum Gasteiger partial charge on any atom is -0.451 e. The largest absolute Gasteiger partial charge is 0.451 e. The predicted molar refractivity (Wildman–Crippen MR) is 128 cm³/mol. The molecule has 4 rings (SSSR count). The van der Waals surface area contributed by atoms with Crippen LogP contribution in [0, 0.1) is 5.92 Å². The number of carbonyl (C=O) groups is 3. The van der Waals surface area contributed by atoms with Crippen molar-refractivity contribution in [2.24, 2.45) is 5.92 Å².